The first-order valence-electron chi connectivity index (χ1n) is 8.00. The van der Waals surface area contributed by atoms with Crippen molar-refractivity contribution in [3.8, 4) is 0 Å². The molecule has 0 bridgehead atoms. The number of nitrogens with zero attached hydrogens (tertiary/aromatic N) is 2. The lowest BCUT2D eigenvalue weighted by atomic mass is 9.82. The second-order valence-electron chi connectivity index (χ2n) is 6.72. The highest BCUT2D eigenvalue weighted by atomic mass is 79.9. The van der Waals surface area contributed by atoms with Crippen molar-refractivity contribution >= 4 is 15.9 Å². The minimum atomic E-state index is -4.07. The Balaban J connectivity index is 1.81. The summed E-state index contributed by atoms with van der Waals surface area (Å²) in [5, 5.41) is 1.02. The van der Waals surface area contributed by atoms with E-state index in [9.17, 15) is 13.2 Å². The minimum absolute atomic E-state index is 0.336. The molecule has 124 valence electrons. The predicted octanol–water partition coefficient (Wildman–Crippen LogP) is 3.90. The first-order chi connectivity index (χ1) is 9.92. The summed E-state index contributed by atoms with van der Waals surface area (Å²) >= 11 is 3.70. The molecule has 0 unspecified atom stereocenters. The van der Waals surface area contributed by atoms with Crippen LogP contribution in [0.4, 0.5) is 13.2 Å². The third-order valence-electron chi connectivity index (χ3n) is 4.87. The zero-order chi connectivity index (χ0) is 15.3. The van der Waals surface area contributed by atoms with Crippen LogP contribution in [0.5, 0.6) is 0 Å². The van der Waals surface area contributed by atoms with Gasteiger partial charge in [-0.15, -0.1) is 0 Å². The minimum Gasteiger partial charge on any atom is -0.300 e. The molecule has 1 heterocycles. The topological polar surface area (TPSA) is 6.48 Å². The van der Waals surface area contributed by atoms with Crippen LogP contribution < -0.4 is 0 Å². The maximum Gasteiger partial charge on any atom is 0.401 e. The maximum absolute atomic E-state index is 12.4. The van der Waals surface area contributed by atoms with Crippen LogP contribution in [0.25, 0.3) is 0 Å². The van der Waals surface area contributed by atoms with Gasteiger partial charge in [0.2, 0.25) is 0 Å². The first kappa shape index (κ1) is 17.5. The van der Waals surface area contributed by atoms with Gasteiger partial charge in [0.25, 0.3) is 0 Å². The molecule has 6 heteroatoms. The Hall–Kier alpha value is 0.190. The van der Waals surface area contributed by atoms with E-state index >= 15 is 0 Å². The lowest BCUT2D eigenvalue weighted by Gasteiger charge is -2.41. The molecule has 0 atom stereocenters. The van der Waals surface area contributed by atoms with Crippen molar-refractivity contribution in [1.29, 1.82) is 0 Å². The maximum atomic E-state index is 12.4. The van der Waals surface area contributed by atoms with Crippen molar-refractivity contribution in [3.05, 3.63) is 0 Å². The molecule has 1 aliphatic heterocycles. The van der Waals surface area contributed by atoms with Gasteiger partial charge in [0.05, 0.1) is 6.54 Å². The van der Waals surface area contributed by atoms with Crippen molar-refractivity contribution < 1.29 is 13.2 Å². The Morgan fingerprint density at radius 2 is 1.38 bits per heavy atom. The van der Waals surface area contributed by atoms with E-state index in [-0.39, 0.29) is 0 Å². The molecule has 2 rings (SSSR count). The van der Waals surface area contributed by atoms with Crippen LogP contribution >= 0.6 is 15.9 Å². The van der Waals surface area contributed by atoms with E-state index in [1.807, 2.05) is 0 Å². The van der Waals surface area contributed by atoms with E-state index in [2.05, 4.69) is 20.8 Å². The van der Waals surface area contributed by atoms with E-state index < -0.39 is 12.7 Å². The zero-order valence-electron chi connectivity index (χ0n) is 12.6. The van der Waals surface area contributed by atoms with Crippen molar-refractivity contribution in [1.82, 2.24) is 9.80 Å². The molecule has 2 aliphatic rings. The van der Waals surface area contributed by atoms with Gasteiger partial charge in [-0.1, -0.05) is 41.6 Å². The number of rotatable bonds is 4. The summed E-state index contributed by atoms with van der Waals surface area (Å²) in [7, 11) is 0. The molecule has 1 aliphatic carbocycles. The van der Waals surface area contributed by atoms with Crippen molar-refractivity contribution in [2.45, 2.75) is 44.7 Å². The number of halogens is 4. The van der Waals surface area contributed by atoms with Crippen LogP contribution in [0.2, 0.25) is 0 Å². The SMILES string of the molecule is FC(F)(F)CN1CCN(CC2(CBr)CCCCCC2)CC1. The molecule has 1 saturated carbocycles. The standard InChI is InChI=1S/C15H26BrF3N2/c16-11-14(5-3-1-2-4-6-14)12-20-7-9-21(10-8-20)13-15(17,18)19/h1-13H2. The van der Waals surface area contributed by atoms with Gasteiger partial charge < -0.3 is 4.90 Å². The highest BCUT2D eigenvalue weighted by Crippen LogP contribution is 2.37. The number of alkyl halides is 4. The second kappa shape index (κ2) is 7.64. The Bertz CT molecular complexity index is 307. The first-order valence-corrected chi connectivity index (χ1v) is 9.12. The monoisotopic (exact) mass is 370 g/mol. The van der Waals surface area contributed by atoms with Crippen molar-refractivity contribution in [2.24, 2.45) is 5.41 Å². The quantitative estimate of drug-likeness (QED) is 0.546. The van der Waals surface area contributed by atoms with Gasteiger partial charge in [0.1, 0.15) is 0 Å². The molecule has 21 heavy (non-hydrogen) atoms. The van der Waals surface area contributed by atoms with Gasteiger partial charge in [-0.3, -0.25) is 4.90 Å². The highest BCUT2D eigenvalue weighted by molar-refractivity contribution is 9.09. The summed E-state index contributed by atoms with van der Waals surface area (Å²) in [6, 6.07) is 0. The average molecular weight is 371 g/mol. The second-order valence-corrected chi connectivity index (χ2v) is 7.28. The van der Waals surface area contributed by atoms with Crippen molar-refractivity contribution in [2.75, 3.05) is 44.6 Å². The van der Waals surface area contributed by atoms with E-state index in [1.165, 1.54) is 43.4 Å². The van der Waals surface area contributed by atoms with E-state index in [0.29, 0.717) is 18.5 Å². The van der Waals surface area contributed by atoms with Crippen LogP contribution in [-0.2, 0) is 0 Å². The van der Waals surface area contributed by atoms with E-state index in [1.54, 1.807) is 0 Å². The van der Waals surface area contributed by atoms with E-state index in [4.69, 9.17) is 0 Å². The van der Waals surface area contributed by atoms with Gasteiger partial charge >= 0.3 is 6.18 Å². The summed E-state index contributed by atoms with van der Waals surface area (Å²) < 4.78 is 37.2. The van der Waals surface area contributed by atoms with Gasteiger partial charge in [-0.25, -0.2) is 0 Å². The number of piperazine rings is 1. The van der Waals surface area contributed by atoms with Crippen LogP contribution in [0.1, 0.15) is 38.5 Å². The summed E-state index contributed by atoms with van der Waals surface area (Å²) in [6.45, 7) is 2.90. The van der Waals surface area contributed by atoms with Crippen LogP contribution in [-0.4, -0.2) is 60.6 Å². The summed E-state index contributed by atoms with van der Waals surface area (Å²) in [5.74, 6) is 0. The Labute approximate surface area is 134 Å². The average Bonchev–Trinajstić information content (AvgIpc) is 2.66. The molecule has 0 N–H and O–H groups in total. The normalized spacial score (nSPS) is 25.7. The third kappa shape index (κ3) is 5.71. The van der Waals surface area contributed by atoms with Crippen LogP contribution in [0, 0.1) is 5.41 Å². The fourth-order valence-electron chi connectivity index (χ4n) is 3.65. The molecule has 0 radical (unpaired) electrons. The molecular formula is C15H26BrF3N2. The summed E-state index contributed by atoms with van der Waals surface area (Å²) in [6.07, 6.45) is 3.67. The highest BCUT2D eigenvalue weighted by Gasteiger charge is 2.35. The molecule has 2 nitrogen and oxygen atoms in total. The lowest BCUT2D eigenvalue weighted by molar-refractivity contribution is -0.149. The Morgan fingerprint density at radius 3 is 1.86 bits per heavy atom. The largest absolute Gasteiger partial charge is 0.401 e. The Morgan fingerprint density at radius 1 is 0.857 bits per heavy atom. The molecular weight excluding hydrogens is 345 g/mol. The molecule has 0 aromatic carbocycles. The molecule has 0 aromatic heterocycles. The molecule has 0 amide bonds. The summed E-state index contributed by atoms with van der Waals surface area (Å²) in [4.78, 5) is 3.91. The third-order valence-corrected chi connectivity index (χ3v) is 6.06. The molecule has 1 saturated heterocycles. The van der Waals surface area contributed by atoms with E-state index in [0.717, 1.165) is 25.0 Å². The van der Waals surface area contributed by atoms with Crippen LogP contribution in [0.15, 0.2) is 0 Å². The molecule has 0 spiro atoms. The van der Waals surface area contributed by atoms with Gasteiger partial charge in [0, 0.05) is 38.1 Å². The predicted molar refractivity (Wildman–Crippen MR) is 82.9 cm³/mol. The fourth-order valence-corrected chi connectivity index (χ4v) is 4.38. The number of hydrogen-bond donors (Lipinski definition) is 0. The smallest absolute Gasteiger partial charge is 0.300 e. The molecule has 0 aromatic rings. The lowest BCUT2D eigenvalue weighted by Crippen LogP contribution is -2.52. The van der Waals surface area contributed by atoms with Gasteiger partial charge in [-0.05, 0) is 18.3 Å². The van der Waals surface area contributed by atoms with Crippen molar-refractivity contribution in [3.63, 3.8) is 0 Å². The zero-order valence-corrected chi connectivity index (χ0v) is 14.2. The molecule has 2 fully saturated rings. The summed E-state index contributed by atoms with van der Waals surface area (Å²) in [5.41, 5.74) is 0.336. The van der Waals surface area contributed by atoms with Gasteiger partial charge in [0.15, 0.2) is 0 Å². The van der Waals surface area contributed by atoms with Crippen LogP contribution in [0.3, 0.4) is 0 Å². The fraction of sp³-hybridized carbons (Fsp3) is 1.00. The Kier molecular flexibility index (Phi) is 6.38. The number of hydrogen-bond acceptors (Lipinski definition) is 2. The van der Waals surface area contributed by atoms with Gasteiger partial charge in [-0.2, -0.15) is 13.2 Å².